The van der Waals surface area contributed by atoms with Gasteiger partial charge in [-0.3, -0.25) is 9.35 Å². The summed E-state index contributed by atoms with van der Waals surface area (Å²) < 4.78 is 56.8. The molecule has 0 aromatic heterocycles. The number of esters is 1. The summed E-state index contributed by atoms with van der Waals surface area (Å²) in [6.07, 6.45) is -1.68. The molecular weight excluding hydrogens is 233 g/mol. The van der Waals surface area contributed by atoms with Gasteiger partial charge in [-0.05, 0) is 6.92 Å². The Bertz CT molecular complexity index is 294. The second-order valence-corrected chi connectivity index (χ2v) is 3.64. The molecule has 0 saturated heterocycles. The van der Waals surface area contributed by atoms with Crippen molar-refractivity contribution in [1.29, 1.82) is 0 Å². The van der Waals surface area contributed by atoms with Gasteiger partial charge >= 0.3 is 50.9 Å². The molecule has 0 aromatic rings. The molecule has 9 heteroatoms. The zero-order valence-electron chi connectivity index (χ0n) is 8.66. The van der Waals surface area contributed by atoms with Crippen LogP contribution in [0.5, 0.6) is 0 Å². The molecule has 0 unspecified atom stereocenters. The first-order valence-electron chi connectivity index (χ1n) is 3.21. The van der Waals surface area contributed by atoms with Gasteiger partial charge in [-0.2, -0.15) is 17.2 Å². The van der Waals surface area contributed by atoms with Crippen molar-refractivity contribution in [3.63, 3.8) is 0 Å². The van der Waals surface area contributed by atoms with Gasteiger partial charge in [0.15, 0.2) is 0 Å². The molecule has 5 nitrogen and oxygen atoms in total. The molecule has 1 N–H and O–H groups in total. The van der Waals surface area contributed by atoms with E-state index in [1.807, 2.05) is 0 Å². The van der Waals surface area contributed by atoms with Crippen molar-refractivity contribution in [2.24, 2.45) is 0 Å². The zero-order valence-corrected chi connectivity index (χ0v) is 10.5. The van der Waals surface area contributed by atoms with Gasteiger partial charge in [0, 0.05) is 0 Å². The Kier molecular flexibility index (Phi) is 7.10. The standard InChI is InChI=1S/C5H8F2O5S.Na.H/c1-2-12-4(8)3-5(6,7)13(9,10)11;;/h2-3H2,1H3,(H,9,10,11);;/q;+1;-1. The molecule has 0 radical (unpaired) electrons. The van der Waals surface area contributed by atoms with Crippen molar-refractivity contribution in [3.05, 3.63) is 0 Å². The number of carbonyl (C=O) groups excluding carboxylic acids is 1. The van der Waals surface area contributed by atoms with Crippen LogP contribution in [0.3, 0.4) is 0 Å². The molecule has 0 spiro atoms. The third-order valence-electron chi connectivity index (χ3n) is 1.03. The zero-order chi connectivity index (χ0) is 10.7. The topological polar surface area (TPSA) is 80.7 Å². The van der Waals surface area contributed by atoms with E-state index in [9.17, 15) is 22.0 Å². The van der Waals surface area contributed by atoms with Crippen LogP contribution in [0.25, 0.3) is 0 Å². The van der Waals surface area contributed by atoms with E-state index in [1.165, 1.54) is 6.92 Å². The molecule has 0 amide bonds. The van der Waals surface area contributed by atoms with E-state index in [0.717, 1.165) is 0 Å². The summed E-state index contributed by atoms with van der Waals surface area (Å²) in [6, 6.07) is 0. The molecular formula is C5H9F2NaO5S. The fourth-order valence-corrected chi connectivity index (χ4v) is 0.772. The Morgan fingerprint density at radius 1 is 1.57 bits per heavy atom. The minimum Gasteiger partial charge on any atom is -1.00 e. The molecule has 0 aliphatic rings. The van der Waals surface area contributed by atoms with Crippen molar-refractivity contribution in [2.75, 3.05) is 6.61 Å². The van der Waals surface area contributed by atoms with E-state index in [-0.39, 0.29) is 37.6 Å². The van der Waals surface area contributed by atoms with Crippen LogP contribution in [-0.4, -0.2) is 30.8 Å². The summed E-state index contributed by atoms with van der Waals surface area (Å²) in [7, 11) is -5.55. The van der Waals surface area contributed by atoms with E-state index < -0.39 is 27.8 Å². The van der Waals surface area contributed by atoms with Crippen molar-refractivity contribution in [2.45, 2.75) is 18.6 Å². The molecule has 0 rings (SSSR count). The predicted molar refractivity (Wildman–Crippen MR) is 38.9 cm³/mol. The van der Waals surface area contributed by atoms with Gasteiger partial charge in [-0.25, -0.2) is 0 Å². The normalized spacial score (nSPS) is 11.7. The van der Waals surface area contributed by atoms with Crippen LogP contribution in [0.2, 0.25) is 0 Å². The molecule has 0 saturated carbocycles. The predicted octanol–water partition coefficient (Wildman–Crippen LogP) is -2.46. The molecule has 0 atom stereocenters. The van der Waals surface area contributed by atoms with Gasteiger partial charge in [-0.15, -0.1) is 0 Å². The molecule has 0 aliphatic heterocycles. The summed E-state index contributed by atoms with van der Waals surface area (Å²) in [6.45, 7) is 1.24. The van der Waals surface area contributed by atoms with Crippen LogP contribution in [0.15, 0.2) is 0 Å². The van der Waals surface area contributed by atoms with Crippen molar-refractivity contribution in [3.8, 4) is 0 Å². The average Bonchev–Trinajstić information content (AvgIpc) is 1.83. The molecule has 14 heavy (non-hydrogen) atoms. The minimum atomic E-state index is -5.55. The van der Waals surface area contributed by atoms with Gasteiger partial charge < -0.3 is 6.16 Å². The Labute approximate surface area is 103 Å². The van der Waals surface area contributed by atoms with Gasteiger partial charge in [0.1, 0.15) is 6.42 Å². The number of rotatable bonds is 4. The van der Waals surface area contributed by atoms with Crippen LogP contribution >= 0.6 is 0 Å². The van der Waals surface area contributed by atoms with Crippen LogP contribution in [-0.2, 0) is 19.6 Å². The summed E-state index contributed by atoms with van der Waals surface area (Å²) in [5.41, 5.74) is 0. The van der Waals surface area contributed by atoms with Crippen LogP contribution < -0.4 is 29.6 Å². The number of ether oxygens (including phenoxy) is 1. The number of hydrogen-bond donors (Lipinski definition) is 1. The Balaban J connectivity index is -0.000000720. The van der Waals surface area contributed by atoms with Crippen LogP contribution in [0.1, 0.15) is 14.8 Å². The van der Waals surface area contributed by atoms with E-state index in [1.54, 1.807) is 0 Å². The third kappa shape index (κ3) is 5.20. The molecule has 0 fully saturated rings. The van der Waals surface area contributed by atoms with Gasteiger partial charge in [0.05, 0.1) is 6.61 Å². The van der Waals surface area contributed by atoms with Crippen molar-refractivity contribution < 1.29 is 62.3 Å². The second kappa shape index (κ2) is 5.96. The first-order chi connectivity index (χ1) is 5.70. The van der Waals surface area contributed by atoms with E-state index >= 15 is 0 Å². The fraction of sp³-hybridized carbons (Fsp3) is 0.800. The maximum absolute atomic E-state index is 12.4. The number of hydrogen-bond acceptors (Lipinski definition) is 4. The van der Waals surface area contributed by atoms with Gasteiger partial charge in [0.2, 0.25) is 0 Å². The molecule has 0 aromatic carbocycles. The monoisotopic (exact) mass is 242 g/mol. The minimum absolute atomic E-state index is 0. The first-order valence-corrected chi connectivity index (χ1v) is 4.65. The largest absolute Gasteiger partial charge is 1.00 e. The molecule has 0 aliphatic carbocycles. The Morgan fingerprint density at radius 2 is 2.00 bits per heavy atom. The number of carbonyl (C=O) groups is 1. The molecule has 0 heterocycles. The number of alkyl halides is 2. The third-order valence-corrected chi connectivity index (χ3v) is 1.93. The van der Waals surface area contributed by atoms with Crippen molar-refractivity contribution >= 4 is 16.1 Å². The summed E-state index contributed by atoms with van der Waals surface area (Å²) in [5, 5.41) is -4.49. The van der Waals surface area contributed by atoms with E-state index in [0.29, 0.717) is 0 Å². The van der Waals surface area contributed by atoms with Crippen LogP contribution in [0.4, 0.5) is 8.78 Å². The summed E-state index contributed by atoms with van der Waals surface area (Å²) in [4.78, 5) is 10.4. The Hall–Kier alpha value is 0.240. The maximum Gasteiger partial charge on any atom is 1.00 e. The fourth-order valence-electron chi connectivity index (χ4n) is 0.471. The van der Waals surface area contributed by atoms with Crippen molar-refractivity contribution in [1.82, 2.24) is 0 Å². The summed E-state index contributed by atoms with van der Waals surface area (Å²) >= 11 is 0. The average molecular weight is 242 g/mol. The van der Waals surface area contributed by atoms with E-state index in [2.05, 4.69) is 4.74 Å². The Morgan fingerprint density at radius 3 is 2.29 bits per heavy atom. The smallest absolute Gasteiger partial charge is 1.00 e. The quantitative estimate of drug-likeness (QED) is 0.336. The van der Waals surface area contributed by atoms with E-state index in [4.69, 9.17) is 4.55 Å². The first kappa shape index (κ1) is 16.7. The number of halogens is 2. The maximum atomic E-state index is 12.4. The van der Waals surface area contributed by atoms with Gasteiger partial charge in [0.25, 0.3) is 0 Å². The molecule has 80 valence electrons. The van der Waals surface area contributed by atoms with Gasteiger partial charge in [-0.1, -0.05) is 0 Å². The second-order valence-electron chi connectivity index (χ2n) is 2.09. The molecule has 0 bridgehead atoms. The van der Waals surface area contributed by atoms with Crippen LogP contribution in [0, 0.1) is 0 Å². The summed E-state index contributed by atoms with van der Waals surface area (Å²) in [5.74, 6) is -1.38. The SMILES string of the molecule is CCOC(=O)CC(F)(F)S(=O)(=O)O.[H-].[Na+].